The summed E-state index contributed by atoms with van der Waals surface area (Å²) < 4.78 is 10.9. The van der Waals surface area contributed by atoms with Crippen molar-refractivity contribution in [3.63, 3.8) is 0 Å². The Bertz CT molecular complexity index is 647. The van der Waals surface area contributed by atoms with Crippen molar-refractivity contribution in [3.8, 4) is 5.75 Å². The Labute approximate surface area is 153 Å². The third kappa shape index (κ3) is 6.38. The number of para-hydroxylation sites is 1. The molecule has 0 saturated heterocycles. The first-order valence-corrected chi connectivity index (χ1v) is 8.49. The number of rotatable bonds is 9. The Hall–Kier alpha value is -2.08. The van der Waals surface area contributed by atoms with Gasteiger partial charge in [0.15, 0.2) is 6.79 Å². The van der Waals surface area contributed by atoms with Gasteiger partial charge in [-0.05, 0) is 43.9 Å². The maximum Gasteiger partial charge on any atom is 0.242 e. The second-order valence-corrected chi connectivity index (χ2v) is 6.04. The van der Waals surface area contributed by atoms with E-state index in [1.165, 1.54) is 0 Å². The number of carbonyl (C=O) groups is 1. The van der Waals surface area contributed by atoms with Crippen molar-refractivity contribution in [2.75, 3.05) is 38.4 Å². The molecule has 0 bridgehead atoms. The molecule has 1 amide bonds. The van der Waals surface area contributed by atoms with Gasteiger partial charge in [0.1, 0.15) is 18.4 Å². The van der Waals surface area contributed by atoms with Crippen molar-refractivity contribution in [1.82, 2.24) is 4.90 Å². The quantitative estimate of drug-likeness (QED) is 0.390. The molecule has 0 N–H and O–H groups in total. The molecular weight excluding hydrogens is 340 g/mol. The van der Waals surface area contributed by atoms with Crippen molar-refractivity contribution in [3.05, 3.63) is 60.2 Å². The smallest absolute Gasteiger partial charge is 0.242 e. The summed E-state index contributed by atoms with van der Waals surface area (Å²) in [6.45, 7) is 1.15. The van der Waals surface area contributed by atoms with Crippen LogP contribution in [0.5, 0.6) is 5.75 Å². The fourth-order valence-corrected chi connectivity index (χ4v) is 2.35. The largest absolute Gasteiger partial charge is 0.468 e. The Kier molecular flexibility index (Phi) is 7.73. The molecule has 0 unspecified atom stereocenters. The summed E-state index contributed by atoms with van der Waals surface area (Å²) in [5, 5.41) is 0. The Morgan fingerprint density at radius 2 is 1.72 bits per heavy atom. The Morgan fingerprint density at radius 1 is 1.04 bits per heavy atom. The van der Waals surface area contributed by atoms with Gasteiger partial charge in [-0.2, -0.15) is 0 Å². The molecule has 6 heteroatoms. The Balaban J connectivity index is 1.97. The van der Waals surface area contributed by atoms with Gasteiger partial charge in [-0.1, -0.05) is 30.3 Å². The third-order valence-electron chi connectivity index (χ3n) is 3.41. The van der Waals surface area contributed by atoms with Gasteiger partial charge in [-0.15, -0.1) is 11.6 Å². The zero-order valence-corrected chi connectivity index (χ0v) is 15.3. The zero-order chi connectivity index (χ0) is 18.1. The second-order valence-electron chi connectivity index (χ2n) is 5.77. The standard InChI is InChI=1S/C19H23ClN2O3/c1-21(2)14-24-15-25-18-10-8-16(9-11-18)13-22(19(23)12-20)17-6-4-3-5-7-17/h3-11H,12-15H2,1-2H3. The highest BCUT2D eigenvalue weighted by atomic mass is 35.5. The number of amides is 1. The highest BCUT2D eigenvalue weighted by molar-refractivity contribution is 6.29. The molecule has 0 radical (unpaired) electrons. The van der Waals surface area contributed by atoms with Gasteiger partial charge < -0.3 is 14.4 Å². The number of hydrogen-bond donors (Lipinski definition) is 0. The lowest BCUT2D eigenvalue weighted by Gasteiger charge is -2.22. The molecule has 5 nitrogen and oxygen atoms in total. The first kappa shape index (κ1) is 19.2. The molecule has 25 heavy (non-hydrogen) atoms. The molecule has 0 aliphatic carbocycles. The van der Waals surface area contributed by atoms with Gasteiger partial charge in [0.05, 0.1) is 6.54 Å². The lowest BCUT2D eigenvalue weighted by Crippen LogP contribution is -2.31. The molecule has 0 spiro atoms. The van der Waals surface area contributed by atoms with Crippen LogP contribution >= 0.6 is 11.6 Å². The van der Waals surface area contributed by atoms with Crippen molar-refractivity contribution in [2.45, 2.75) is 6.54 Å². The molecule has 0 aliphatic rings. The fraction of sp³-hybridized carbons (Fsp3) is 0.316. The monoisotopic (exact) mass is 362 g/mol. The topological polar surface area (TPSA) is 42.0 Å². The van der Waals surface area contributed by atoms with Crippen LogP contribution in [0.15, 0.2) is 54.6 Å². The molecule has 0 fully saturated rings. The minimum Gasteiger partial charge on any atom is -0.468 e. The van der Waals surface area contributed by atoms with E-state index in [0.29, 0.717) is 13.3 Å². The van der Waals surface area contributed by atoms with Crippen LogP contribution in [-0.2, 0) is 16.1 Å². The normalized spacial score (nSPS) is 10.7. The van der Waals surface area contributed by atoms with Gasteiger partial charge in [-0.25, -0.2) is 0 Å². The number of anilines is 1. The Morgan fingerprint density at radius 3 is 2.32 bits per heavy atom. The lowest BCUT2D eigenvalue weighted by molar-refractivity contribution is -0.116. The van der Waals surface area contributed by atoms with Crippen molar-refractivity contribution in [1.29, 1.82) is 0 Å². The first-order valence-electron chi connectivity index (χ1n) is 7.95. The summed E-state index contributed by atoms with van der Waals surface area (Å²) in [4.78, 5) is 15.7. The molecule has 0 aliphatic heterocycles. The highest BCUT2D eigenvalue weighted by Crippen LogP contribution is 2.19. The van der Waals surface area contributed by atoms with E-state index in [4.69, 9.17) is 21.1 Å². The predicted molar refractivity (Wildman–Crippen MR) is 99.9 cm³/mol. The summed E-state index contributed by atoms with van der Waals surface area (Å²) in [5.41, 5.74) is 1.81. The van der Waals surface area contributed by atoms with E-state index >= 15 is 0 Å². The van der Waals surface area contributed by atoms with Gasteiger partial charge in [-0.3, -0.25) is 9.69 Å². The maximum atomic E-state index is 12.2. The zero-order valence-electron chi connectivity index (χ0n) is 14.5. The summed E-state index contributed by atoms with van der Waals surface area (Å²) in [6.07, 6.45) is 0. The summed E-state index contributed by atoms with van der Waals surface area (Å²) >= 11 is 5.75. The van der Waals surface area contributed by atoms with Crippen molar-refractivity contribution in [2.24, 2.45) is 0 Å². The van der Waals surface area contributed by atoms with Gasteiger partial charge >= 0.3 is 0 Å². The number of carbonyl (C=O) groups excluding carboxylic acids is 1. The van der Waals surface area contributed by atoms with Crippen molar-refractivity contribution >= 4 is 23.2 Å². The van der Waals surface area contributed by atoms with E-state index in [2.05, 4.69) is 0 Å². The third-order valence-corrected chi connectivity index (χ3v) is 3.63. The molecule has 0 saturated carbocycles. The first-order chi connectivity index (χ1) is 12.1. The van der Waals surface area contributed by atoms with Gasteiger partial charge in [0.2, 0.25) is 5.91 Å². The van der Waals surface area contributed by atoms with Crippen LogP contribution in [0, 0.1) is 0 Å². The average molecular weight is 363 g/mol. The molecule has 0 aromatic heterocycles. The number of alkyl halides is 1. The molecule has 2 aromatic rings. The van der Waals surface area contributed by atoms with E-state index < -0.39 is 0 Å². The number of benzene rings is 2. The second kappa shape index (κ2) is 10.0. The molecule has 134 valence electrons. The van der Waals surface area contributed by atoms with E-state index in [1.807, 2.05) is 73.6 Å². The summed E-state index contributed by atoms with van der Waals surface area (Å²) in [6, 6.07) is 17.1. The van der Waals surface area contributed by atoms with Crippen LogP contribution in [0.3, 0.4) is 0 Å². The fourth-order valence-electron chi connectivity index (χ4n) is 2.21. The van der Waals surface area contributed by atoms with Crippen LogP contribution in [0.1, 0.15) is 5.56 Å². The molecular formula is C19H23ClN2O3. The molecule has 0 heterocycles. The van der Waals surface area contributed by atoms with E-state index in [1.54, 1.807) is 4.90 Å². The highest BCUT2D eigenvalue weighted by Gasteiger charge is 2.15. The number of nitrogens with zero attached hydrogens (tertiary/aromatic N) is 2. The van der Waals surface area contributed by atoms with E-state index in [9.17, 15) is 4.79 Å². The van der Waals surface area contributed by atoms with Crippen LogP contribution in [-0.4, -0.2) is 44.3 Å². The molecule has 2 rings (SSSR count). The van der Waals surface area contributed by atoms with Gasteiger partial charge in [0, 0.05) is 5.69 Å². The van der Waals surface area contributed by atoms with Crippen molar-refractivity contribution < 1.29 is 14.3 Å². The SMILES string of the molecule is CN(C)COCOc1ccc(CN(C(=O)CCl)c2ccccc2)cc1. The number of ether oxygens (including phenoxy) is 2. The van der Waals surface area contributed by atoms with E-state index in [0.717, 1.165) is 17.0 Å². The summed E-state index contributed by atoms with van der Waals surface area (Å²) in [5.74, 6) is 0.530. The predicted octanol–water partition coefficient (Wildman–Crippen LogP) is 3.33. The number of hydrogen-bond acceptors (Lipinski definition) is 4. The van der Waals surface area contributed by atoms with Crippen LogP contribution in [0.25, 0.3) is 0 Å². The maximum absolute atomic E-state index is 12.2. The van der Waals surface area contributed by atoms with Crippen LogP contribution in [0.2, 0.25) is 0 Å². The van der Waals surface area contributed by atoms with Gasteiger partial charge in [0.25, 0.3) is 0 Å². The van der Waals surface area contributed by atoms with Crippen LogP contribution < -0.4 is 9.64 Å². The molecule has 0 atom stereocenters. The summed E-state index contributed by atoms with van der Waals surface area (Å²) in [7, 11) is 3.85. The average Bonchev–Trinajstić information content (AvgIpc) is 2.64. The lowest BCUT2D eigenvalue weighted by atomic mass is 10.2. The van der Waals surface area contributed by atoms with E-state index in [-0.39, 0.29) is 18.6 Å². The minimum absolute atomic E-state index is 0.0562. The van der Waals surface area contributed by atoms with Crippen LogP contribution in [0.4, 0.5) is 5.69 Å². The molecule has 2 aromatic carbocycles. The minimum atomic E-state index is -0.134. The number of halogens is 1.